The van der Waals surface area contributed by atoms with E-state index in [1.807, 2.05) is 0 Å². The average molecular weight is 719 g/mol. The van der Waals surface area contributed by atoms with E-state index >= 15 is 0 Å². The molecule has 3 rings (SSSR count). The summed E-state index contributed by atoms with van der Waals surface area (Å²) >= 11 is 0. The van der Waals surface area contributed by atoms with Crippen LogP contribution in [0.1, 0.15) is 36.5 Å². The second-order valence-corrected chi connectivity index (χ2v) is 13.6. The van der Waals surface area contributed by atoms with Gasteiger partial charge in [0.05, 0.1) is 11.4 Å². The monoisotopic (exact) mass is 718 g/mol. The van der Waals surface area contributed by atoms with Crippen molar-refractivity contribution in [3.8, 4) is 0 Å². The number of alkyl halides is 6. The third-order valence-electron chi connectivity index (χ3n) is 8.04. The van der Waals surface area contributed by atoms with Crippen molar-refractivity contribution in [3.63, 3.8) is 0 Å². The number of carbonyl (C=O) groups excluding carboxylic acids is 1. The van der Waals surface area contributed by atoms with E-state index in [2.05, 4.69) is 40.8 Å². The highest BCUT2D eigenvalue weighted by molar-refractivity contribution is 8.04. The quantitative estimate of drug-likeness (QED) is 0.0744. The third-order valence-corrected chi connectivity index (χ3v) is 10.9. The average Bonchev–Trinajstić information content (AvgIpc) is 2.98. The molecular formula is C34H31F9N2O3S. The van der Waals surface area contributed by atoms with Crippen LogP contribution in [0.5, 0.6) is 0 Å². The lowest BCUT2D eigenvalue weighted by Gasteiger charge is -2.50. The number of ether oxygens (including phenoxy) is 1. The molecule has 0 heterocycles. The van der Waals surface area contributed by atoms with Gasteiger partial charge in [0.1, 0.15) is 17.5 Å². The van der Waals surface area contributed by atoms with Gasteiger partial charge in [-0.15, -0.1) is 0 Å². The molecule has 5 nitrogen and oxygen atoms in total. The van der Waals surface area contributed by atoms with Crippen LogP contribution < -0.4 is 5.32 Å². The zero-order chi connectivity index (χ0) is 37.0. The van der Waals surface area contributed by atoms with Crippen LogP contribution >= 0.6 is 0 Å². The van der Waals surface area contributed by atoms with Crippen molar-refractivity contribution >= 4 is 28.0 Å². The van der Waals surface area contributed by atoms with Crippen LogP contribution in [-0.4, -0.2) is 41.1 Å². The number of benzene rings is 2. The normalized spacial score (nSPS) is 20.1. The molecule has 0 saturated heterocycles. The van der Waals surface area contributed by atoms with Crippen LogP contribution in [-0.2, 0) is 36.0 Å². The highest BCUT2D eigenvalue weighted by Gasteiger charge is 2.73. The van der Waals surface area contributed by atoms with Gasteiger partial charge < -0.3 is 10.1 Å². The second kappa shape index (κ2) is 14.6. The van der Waals surface area contributed by atoms with Gasteiger partial charge in [0, 0.05) is 43.4 Å². The molecule has 2 aromatic carbocycles. The Balaban J connectivity index is 2.12. The van der Waals surface area contributed by atoms with Crippen LogP contribution in [0.2, 0.25) is 0 Å². The fraction of sp³-hybridized carbons (Fsp3) is 0.265. The molecule has 0 spiro atoms. The predicted molar refractivity (Wildman–Crippen MR) is 170 cm³/mol. The molecule has 0 radical (unpaired) electrons. The van der Waals surface area contributed by atoms with Crippen molar-refractivity contribution in [1.29, 1.82) is 0 Å². The highest BCUT2D eigenvalue weighted by atomic mass is 32.2. The summed E-state index contributed by atoms with van der Waals surface area (Å²) in [5.41, 5.74) is -7.56. The Morgan fingerprint density at radius 3 is 2.02 bits per heavy atom. The fourth-order valence-corrected chi connectivity index (χ4v) is 7.62. The first-order chi connectivity index (χ1) is 22.7. The molecule has 0 aliphatic heterocycles. The van der Waals surface area contributed by atoms with Gasteiger partial charge in [0.2, 0.25) is 0 Å². The molecule has 1 saturated carbocycles. The van der Waals surface area contributed by atoms with Gasteiger partial charge in [-0.3, -0.25) is 14.0 Å². The van der Waals surface area contributed by atoms with Crippen LogP contribution in [0.4, 0.5) is 39.5 Å². The summed E-state index contributed by atoms with van der Waals surface area (Å²) in [6, 6.07) is 4.07. The van der Waals surface area contributed by atoms with Gasteiger partial charge in [-0.2, -0.15) is 26.3 Å². The zero-order valence-corrected chi connectivity index (χ0v) is 26.8. The summed E-state index contributed by atoms with van der Waals surface area (Å²) < 4.78 is 146. The minimum atomic E-state index is -6.19. The maximum Gasteiger partial charge on any atom is 0.430 e. The van der Waals surface area contributed by atoms with Gasteiger partial charge in [-0.25, -0.2) is 13.2 Å². The van der Waals surface area contributed by atoms with E-state index in [0.29, 0.717) is 24.3 Å². The minimum absolute atomic E-state index is 0.0456. The van der Waals surface area contributed by atoms with Gasteiger partial charge in [-0.05, 0) is 68.3 Å². The number of carbonyl (C=O) groups is 1. The molecule has 2 aromatic rings. The Morgan fingerprint density at radius 2 is 1.55 bits per heavy atom. The number of hydrogen-bond acceptors (Lipinski definition) is 4. The van der Waals surface area contributed by atoms with E-state index < -0.39 is 79.4 Å². The van der Waals surface area contributed by atoms with Crippen molar-refractivity contribution in [3.05, 3.63) is 131 Å². The molecule has 49 heavy (non-hydrogen) atoms. The summed E-state index contributed by atoms with van der Waals surface area (Å²) in [6.45, 7) is 9.85. The highest BCUT2D eigenvalue weighted by Crippen LogP contribution is 2.55. The Bertz CT molecular complexity index is 1770. The van der Waals surface area contributed by atoms with Crippen molar-refractivity contribution in [1.82, 2.24) is 5.32 Å². The molecular weight excluding hydrogens is 687 g/mol. The van der Waals surface area contributed by atoms with Gasteiger partial charge in [-0.1, -0.05) is 49.6 Å². The first-order valence-electron chi connectivity index (χ1n) is 14.2. The lowest BCUT2D eigenvalue weighted by Crippen LogP contribution is -2.57. The van der Waals surface area contributed by atoms with Crippen LogP contribution in [0.3, 0.4) is 0 Å². The van der Waals surface area contributed by atoms with E-state index in [1.165, 1.54) is 18.4 Å². The molecule has 1 aliphatic carbocycles. The minimum Gasteiger partial charge on any atom is -0.349 e. The Morgan fingerprint density at radius 1 is 1.00 bits per heavy atom. The third kappa shape index (κ3) is 7.62. The summed E-state index contributed by atoms with van der Waals surface area (Å²) in [4.78, 5) is 16.1. The van der Waals surface area contributed by atoms with Crippen molar-refractivity contribution < 1.29 is 53.3 Å². The molecule has 0 bridgehead atoms. The largest absolute Gasteiger partial charge is 0.430 e. The Kier molecular flexibility index (Phi) is 11.7. The fourth-order valence-electron chi connectivity index (χ4n) is 5.38. The number of hydrogen-bond donors (Lipinski definition) is 1. The molecule has 1 atom stereocenters. The van der Waals surface area contributed by atoms with E-state index in [1.54, 1.807) is 6.92 Å². The summed E-state index contributed by atoms with van der Waals surface area (Å²) in [5, 5.41) is 2.70. The number of amides is 1. The number of aliphatic imine (C=N–C) groups is 1. The van der Waals surface area contributed by atoms with E-state index in [4.69, 9.17) is 0 Å². The summed E-state index contributed by atoms with van der Waals surface area (Å²) in [6.07, 6.45) is -6.75. The second-order valence-electron chi connectivity index (χ2n) is 11.0. The Hall–Kier alpha value is -4.37. The van der Waals surface area contributed by atoms with Crippen molar-refractivity contribution in [2.75, 3.05) is 0 Å². The van der Waals surface area contributed by atoms with Crippen LogP contribution in [0.15, 0.2) is 107 Å². The zero-order valence-electron chi connectivity index (χ0n) is 25.9. The van der Waals surface area contributed by atoms with Gasteiger partial charge in [0.25, 0.3) is 11.5 Å². The molecule has 264 valence electrons. The topological polar surface area (TPSA) is 67.8 Å². The van der Waals surface area contributed by atoms with Crippen molar-refractivity contribution in [2.24, 2.45) is 4.99 Å². The standard InChI is InChI=1S/C34H31F9N2O3S/c1-6-23(16-17-44-4)30(46)45-26-18-31(19-26,49(5,47)22(3)11-10-21(2)35)24-12-14-25(15-13-24)32(33(38,39)40,34(41,42)43)48-20-27-28(36)8-7-9-29(27)37/h6-17,26H,2-5,18-20H2,1H3,(H,45,46)/b11-10-,17-16-,23-6+. The van der Waals surface area contributed by atoms with Crippen molar-refractivity contribution in [2.45, 2.75) is 55.1 Å². The molecule has 1 N–H and O–H groups in total. The molecule has 1 aliphatic rings. The van der Waals surface area contributed by atoms with E-state index in [-0.39, 0.29) is 28.9 Å². The maximum absolute atomic E-state index is 14.5. The molecule has 1 unspecified atom stereocenters. The Labute approximate surface area is 277 Å². The number of allylic oxidation sites excluding steroid dienone is 4. The summed E-state index contributed by atoms with van der Waals surface area (Å²) in [5.74, 6) is -0.576. The molecule has 1 amide bonds. The van der Waals surface area contributed by atoms with E-state index in [0.717, 1.165) is 30.4 Å². The number of rotatable bonds is 13. The number of halogens is 9. The molecule has 0 aromatic heterocycles. The number of nitrogens with zero attached hydrogens (tertiary/aromatic N) is 1. The van der Waals surface area contributed by atoms with Gasteiger partial charge >= 0.3 is 12.4 Å². The first-order valence-corrected chi connectivity index (χ1v) is 15.9. The van der Waals surface area contributed by atoms with E-state index in [9.17, 15) is 48.5 Å². The van der Waals surface area contributed by atoms with Crippen LogP contribution in [0.25, 0.3) is 0 Å². The number of nitrogens with one attached hydrogen (secondary N) is 1. The molecule has 1 fully saturated rings. The summed E-state index contributed by atoms with van der Waals surface area (Å²) in [7, 11) is -3.63. The smallest absolute Gasteiger partial charge is 0.349 e. The molecule has 15 heteroatoms. The lowest BCUT2D eigenvalue weighted by molar-refractivity contribution is -0.392. The van der Waals surface area contributed by atoms with Gasteiger partial charge in [0.15, 0.2) is 0 Å². The van der Waals surface area contributed by atoms with Crippen LogP contribution in [0, 0.1) is 11.6 Å². The SMILES string of the molecule is C=N/C=C\C(=C/C)C(=O)NC1CC(c2ccc(C(OCc3c(F)cccc3F)(C(F)(F)F)C(F)(F)F)cc2)(S(=C)(=O)C(=C)/C=C\C(=C)F)C1. The maximum atomic E-state index is 14.5. The predicted octanol–water partition coefficient (Wildman–Crippen LogP) is 8.41. The first kappa shape index (κ1) is 39.1. The lowest BCUT2D eigenvalue weighted by atomic mass is 9.74.